The van der Waals surface area contributed by atoms with Crippen molar-refractivity contribution in [3.05, 3.63) is 72.2 Å². The molecule has 3 rings (SSSR count). The van der Waals surface area contributed by atoms with Crippen LogP contribution >= 0.6 is 0 Å². The SMILES string of the molecule is CCC(Nc1nccc(Oc2ccc(F)cc2)n1)c1ccc(OC)cc1. The van der Waals surface area contributed by atoms with Gasteiger partial charge >= 0.3 is 0 Å². The average molecular weight is 353 g/mol. The van der Waals surface area contributed by atoms with Gasteiger partial charge in [0.2, 0.25) is 11.8 Å². The first-order chi connectivity index (χ1) is 12.7. The molecule has 1 unspecified atom stereocenters. The van der Waals surface area contributed by atoms with Gasteiger partial charge in [0.15, 0.2) is 0 Å². The Morgan fingerprint density at radius 2 is 1.69 bits per heavy atom. The third-order valence-corrected chi connectivity index (χ3v) is 3.90. The lowest BCUT2D eigenvalue weighted by molar-refractivity contribution is 0.414. The minimum absolute atomic E-state index is 0.0574. The van der Waals surface area contributed by atoms with Crippen LogP contribution in [0.4, 0.5) is 10.3 Å². The minimum atomic E-state index is -0.312. The Labute approximate surface area is 151 Å². The Morgan fingerprint density at radius 3 is 2.35 bits per heavy atom. The zero-order chi connectivity index (χ0) is 18.4. The van der Waals surface area contributed by atoms with Crippen molar-refractivity contribution in [1.29, 1.82) is 0 Å². The number of nitrogens with zero attached hydrogens (tertiary/aromatic N) is 2. The molecular weight excluding hydrogens is 333 g/mol. The normalized spacial score (nSPS) is 11.7. The van der Waals surface area contributed by atoms with Crippen molar-refractivity contribution in [1.82, 2.24) is 9.97 Å². The highest BCUT2D eigenvalue weighted by molar-refractivity contribution is 5.37. The smallest absolute Gasteiger partial charge is 0.226 e. The molecule has 0 aliphatic heterocycles. The number of nitrogens with one attached hydrogen (secondary N) is 1. The highest BCUT2D eigenvalue weighted by Crippen LogP contribution is 2.25. The molecule has 2 aromatic carbocycles. The van der Waals surface area contributed by atoms with Crippen LogP contribution in [0.5, 0.6) is 17.4 Å². The van der Waals surface area contributed by atoms with Crippen molar-refractivity contribution in [2.24, 2.45) is 0 Å². The molecule has 134 valence electrons. The van der Waals surface area contributed by atoms with Crippen LogP contribution in [-0.4, -0.2) is 17.1 Å². The van der Waals surface area contributed by atoms with Gasteiger partial charge in [-0.05, 0) is 48.4 Å². The molecule has 5 nitrogen and oxygen atoms in total. The standard InChI is InChI=1S/C20H20FN3O2/c1-3-18(14-4-8-16(25-2)9-5-14)23-20-22-13-12-19(24-20)26-17-10-6-15(21)7-11-17/h4-13,18H,3H2,1-2H3,(H,22,23,24). The van der Waals surface area contributed by atoms with Gasteiger partial charge < -0.3 is 14.8 Å². The molecule has 0 amide bonds. The molecule has 26 heavy (non-hydrogen) atoms. The van der Waals surface area contributed by atoms with Gasteiger partial charge in [0.05, 0.1) is 13.2 Å². The van der Waals surface area contributed by atoms with E-state index in [1.165, 1.54) is 12.1 Å². The summed E-state index contributed by atoms with van der Waals surface area (Å²) in [6.07, 6.45) is 2.48. The summed E-state index contributed by atoms with van der Waals surface area (Å²) in [6.45, 7) is 2.08. The van der Waals surface area contributed by atoms with E-state index < -0.39 is 0 Å². The summed E-state index contributed by atoms with van der Waals surface area (Å²) >= 11 is 0. The Hall–Kier alpha value is -3.15. The largest absolute Gasteiger partial charge is 0.497 e. The quantitative estimate of drug-likeness (QED) is 0.649. The predicted molar refractivity (Wildman–Crippen MR) is 98.2 cm³/mol. The molecule has 0 saturated heterocycles. The van der Waals surface area contributed by atoms with Crippen LogP contribution in [0.1, 0.15) is 24.9 Å². The molecule has 1 N–H and O–H groups in total. The summed E-state index contributed by atoms with van der Waals surface area (Å²) in [4.78, 5) is 8.63. The van der Waals surface area contributed by atoms with E-state index in [0.29, 0.717) is 17.6 Å². The number of anilines is 1. The molecule has 0 saturated carbocycles. The summed E-state index contributed by atoms with van der Waals surface area (Å²) in [5.41, 5.74) is 1.11. The highest BCUT2D eigenvalue weighted by atomic mass is 19.1. The lowest BCUT2D eigenvalue weighted by Crippen LogP contribution is -2.12. The lowest BCUT2D eigenvalue weighted by atomic mass is 10.0. The molecule has 0 spiro atoms. The zero-order valence-electron chi connectivity index (χ0n) is 14.6. The van der Waals surface area contributed by atoms with Crippen molar-refractivity contribution >= 4 is 5.95 Å². The molecular formula is C20H20FN3O2. The number of aromatic nitrogens is 2. The monoisotopic (exact) mass is 353 g/mol. The van der Waals surface area contributed by atoms with Crippen LogP contribution in [0.15, 0.2) is 60.8 Å². The number of methoxy groups -OCH3 is 1. The van der Waals surface area contributed by atoms with E-state index in [9.17, 15) is 4.39 Å². The highest BCUT2D eigenvalue weighted by Gasteiger charge is 2.11. The number of ether oxygens (including phenoxy) is 2. The van der Waals surface area contributed by atoms with Crippen molar-refractivity contribution in [3.8, 4) is 17.4 Å². The van der Waals surface area contributed by atoms with E-state index in [0.717, 1.165) is 17.7 Å². The molecule has 1 heterocycles. The average Bonchev–Trinajstić information content (AvgIpc) is 2.68. The van der Waals surface area contributed by atoms with E-state index in [-0.39, 0.29) is 11.9 Å². The van der Waals surface area contributed by atoms with Crippen molar-refractivity contribution < 1.29 is 13.9 Å². The number of hydrogen-bond acceptors (Lipinski definition) is 5. The molecule has 6 heteroatoms. The summed E-state index contributed by atoms with van der Waals surface area (Å²) in [5, 5.41) is 3.31. The fourth-order valence-corrected chi connectivity index (χ4v) is 2.51. The maximum absolute atomic E-state index is 13.0. The van der Waals surface area contributed by atoms with Crippen LogP contribution in [-0.2, 0) is 0 Å². The topological polar surface area (TPSA) is 56.3 Å². The Morgan fingerprint density at radius 1 is 1.00 bits per heavy atom. The predicted octanol–water partition coefficient (Wildman–Crippen LogP) is 4.98. The molecule has 0 fully saturated rings. The van der Waals surface area contributed by atoms with Gasteiger partial charge in [0.1, 0.15) is 17.3 Å². The molecule has 0 aliphatic carbocycles. The van der Waals surface area contributed by atoms with Crippen LogP contribution in [0.3, 0.4) is 0 Å². The van der Waals surface area contributed by atoms with Gasteiger partial charge in [-0.25, -0.2) is 9.37 Å². The number of hydrogen-bond donors (Lipinski definition) is 1. The van der Waals surface area contributed by atoms with Crippen LogP contribution in [0.2, 0.25) is 0 Å². The van der Waals surface area contributed by atoms with E-state index in [2.05, 4.69) is 22.2 Å². The second-order valence-electron chi connectivity index (χ2n) is 5.65. The number of benzene rings is 2. The summed E-state index contributed by atoms with van der Waals surface area (Å²) < 4.78 is 23.8. The second-order valence-corrected chi connectivity index (χ2v) is 5.65. The van der Waals surface area contributed by atoms with Gasteiger partial charge in [-0.1, -0.05) is 19.1 Å². The van der Waals surface area contributed by atoms with Gasteiger partial charge in [-0.3, -0.25) is 0 Å². The van der Waals surface area contributed by atoms with E-state index in [1.807, 2.05) is 24.3 Å². The second kappa shape index (κ2) is 8.29. The Balaban J connectivity index is 1.72. The molecule has 0 radical (unpaired) electrons. The van der Waals surface area contributed by atoms with E-state index in [4.69, 9.17) is 9.47 Å². The van der Waals surface area contributed by atoms with Crippen LogP contribution in [0, 0.1) is 5.82 Å². The zero-order valence-corrected chi connectivity index (χ0v) is 14.6. The maximum Gasteiger partial charge on any atom is 0.226 e. The molecule has 3 aromatic rings. The molecule has 0 aliphatic rings. The fraction of sp³-hybridized carbons (Fsp3) is 0.200. The van der Waals surface area contributed by atoms with Crippen molar-refractivity contribution in [3.63, 3.8) is 0 Å². The van der Waals surface area contributed by atoms with Crippen LogP contribution in [0.25, 0.3) is 0 Å². The third-order valence-electron chi connectivity index (χ3n) is 3.90. The van der Waals surface area contributed by atoms with Crippen molar-refractivity contribution in [2.45, 2.75) is 19.4 Å². The van der Waals surface area contributed by atoms with Crippen LogP contribution < -0.4 is 14.8 Å². The first-order valence-corrected chi connectivity index (χ1v) is 8.35. The van der Waals surface area contributed by atoms with Gasteiger partial charge in [0, 0.05) is 12.3 Å². The molecule has 1 atom stereocenters. The summed E-state index contributed by atoms with van der Waals surface area (Å²) in [7, 11) is 1.64. The van der Waals surface area contributed by atoms with Gasteiger partial charge in [0.25, 0.3) is 0 Å². The first kappa shape index (κ1) is 17.7. The molecule has 0 bridgehead atoms. The Bertz CT molecular complexity index is 838. The van der Waals surface area contributed by atoms with Gasteiger partial charge in [-0.15, -0.1) is 0 Å². The maximum atomic E-state index is 13.0. The van der Waals surface area contributed by atoms with E-state index in [1.54, 1.807) is 31.5 Å². The number of halogens is 1. The van der Waals surface area contributed by atoms with Gasteiger partial charge in [-0.2, -0.15) is 4.98 Å². The summed E-state index contributed by atoms with van der Waals surface area (Å²) in [5.74, 6) is 1.87. The van der Waals surface area contributed by atoms with Crippen molar-refractivity contribution in [2.75, 3.05) is 12.4 Å². The van der Waals surface area contributed by atoms with E-state index >= 15 is 0 Å². The first-order valence-electron chi connectivity index (χ1n) is 8.35. The molecule has 1 aromatic heterocycles. The number of rotatable bonds is 7. The summed E-state index contributed by atoms with van der Waals surface area (Å²) in [6, 6.07) is 15.4. The fourth-order valence-electron chi connectivity index (χ4n) is 2.51. The minimum Gasteiger partial charge on any atom is -0.497 e. The lowest BCUT2D eigenvalue weighted by Gasteiger charge is -2.18. The third kappa shape index (κ3) is 4.47. The Kier molecular flexibility index (Phi) is 5.63.